The minimum atomic E-state index is -0.129. The average Bonchev–Trinajstić information content (AvgIpc) is 3.24. The maximum atomic E-state index is 11.8. The largest absolute Gasteiger partial charge is 0.467 e. The van der Waals surface area contributed by atoms with E-state index in [2.05, 4.69) is 25.6 Å². The summed E-state index contributed by atoms with van der Waals surface area (Å²) >= 11 is 6.24. The lowest BCUT2D eigenvalue weighted by molar-refractivity contribution is -0.121. The number of amides is 1. The van der Waals surface area contributed by atoms with Gasteiger partial charge in [0.15, 0.2) is 5.82 Å². The van der Waals surface area contributed by atoms with Gasteiger partial charge in [0.05, 0.1) is 31.6 Å². The molecule has 0 bridgehead atoms. The lowest BCUT2D eigenvalue weighted by Crippen LogP contribution is -2.41. The fourth-order valence-corrected chi connectivity index (χ4v) is 2.95. The van der Waals surface area contributed by atoms with Gasteiger partial charge >= 0.3 is 6.01 Å². The molecule has 2 aromatic heterocycles. The second-order valence-electron chi connectivity index (χ2n) is 5.41. The summed E-state index contributed by atoms with van der Waals surface area (Å²) in [5, 5.41) is 11.4. The number of carbonyl (C=O) groups is 1. The van der Waals surface area contributed by atoms with Crippen molar-refractivity contribution in [3.8, 4) is 6.01 Å². The fraction of sp³-hybridized carbons (Fsp3) is 0.500. The molecule has 0 unspecified atom stereocenters. The molecule has 0 aliphatic carbocycles. The van der Waals surface area contributed by atoms with Crippen LogP contribution in [0.4, 0.5) is 5.82 Å². The molecule has 0 spiro atoms. The van der Waals surface area contributed by atoms with Gasteiger partial charge in [0.2, 0.25) is 5.91 Å². The number of hydrogen-bond donors (Lipinski definition) is 1. The van der Waals surface area contributed by atoms with E-state index in [1.807, 2.05) is 11.8 Å². The topological polar surface area (TPSA) is 98.1 Å². The highest BCUT2D eigenvalue weighted by atomic mass is 35.5. The summed E-state index contributed by atoms with van der Waals surface area (Å²) in [6, 6.07) is 0.0453. The number of aromatic nitrogens is 5. The molecule has 1 aliphatic heterocycles. The van der Waals surface area contributed by atoms with Gasteiger partial charge in [-0.2, -0.15) is 4.98 Å². The molecule has 1 saturated heterocycles. The molecule has 2 atom stereocenters. The fourth-order valence-electron chi connectivity index (χ4n) is 2.74. The van der Waals surface area contributed by atoms with Gasteiger partial charge < -0.3 is 15.0 Å². The van der Waals surface area contributed by atoms with Gasteiger partial charge in [0, 0.05) is 25.7 Å². The van der Waals surface area contributed by atoms with E-state index in [0.29, 0.717) is 30.4 Å². The third-order valence-electron chi connectivity index (χ3n) is 3.92. The zero-order chi connectivity index (χ0) is 17.1. The van der Waals surface area contributed by atoms with Crippen molar-refractivity contribution in [2.24, 2.45) is 0 Å². The van der Waals surface area contributed by atoms with Crippen LogP contribution in [0.5, 0.6) is 6.01 Å². The predicted molar refractivity (Wildman–Crippen MR) is 87.1 cm³/mol. The zero-order valence-electron chi connectivity index (χ0n) is 13.4. The van der Waals surface area contributed by atoms with Crippen LogP contribution in [0.2, 0.25) is 5.02 Å². The SMILES string of the molecule is CCC(=O)N[C@@H]1CN(c2nc(OC)ncc2Cl)C[C@@H]1n1ccnn1. The van der Waals surface area contributed by atoms with E-state index < -0.39 is 0 Å². The van der Waals surface area contributed by atoms with Crippen LogP contribution >= 0.6 is 11.6 Å². The first-order chi connectivity index (χ1) is 11.6. The van der Waals surface area contributed by atoms with E-state index in [0.717, 1.165) is 0 Å². The first-order valence-corrected chi connectivity index (χ1v) is 7.96. The molecule has 0 aromatic carbocycles. The summed E-state index contributed by atoms with van der Waals surface area (Å²) in [5.41, 5.74) is 0. The van der Waals surface area contributed by atoms with Crippen molar-refractivity contribution in [2.45, 2.75) is 25.4 Å². The Bertz CT molecular complexity index is 709. The van der Waals surface area contributed by atoms with Crippen LogP contribution in [0.3, 0.4) is 0 Å². The summed E-state index contributed by atoms with van der Waals surface area (Å²) in [7, 11) is 1.50. The minimum absolute atomic E-state index is 0.0154. The lowest BCUT2D eigenvalue weighted by atomic mass is 10.1. The highest BCUT2D eigenvalue weighted by Crippen LogP contribution is 2.31. The Morgan fingerprint density at radius 2 is 2.33 bits per heavy atom. The number of nitrogens with zero attached hydrogens (tertiary/aromatic N) is 6. The van der Waals surface area contributed by atoms with Crippen molar-refractivity contribution >= 4 is 23.3 Å². The number of ether oxygens (including phenoxy) is 1. The number of rotatable bonds is 5. The summed E-state index contributed by atoms with van der Waals surface area (Å²) in [6.07, 6.45) is 5.32. The Kier molecular flexibility index (Phi) is 4.79. The molecule has 3 rings (SSSR count). The number of methoxy groups -OCH3 is 1. The molecule has 1 amide bonds. The maximum absolute atomic E-state index is 11.8. The van der Waals surface area contributed by atoms with Crippen molar-refractivity contribution in [3.05, 3.63) is 23.6 Å². The van der Waals surface area contributed by atoms with Gasteiger partial charge in [-0.05, 0) is 0 Å². The third kappa shape index (κ3) is 3.25. The first-order valence-electron chi connectivity index (χ1n) is 7.59. The zero-order valence-corrected chi connectivity index (χ0v) is 14.1. The highest BCUT2D eigenvalue weighted by molar-refractivity contribution is 6.32. The molecule has 0 saturated carbocycles. The molecule has 1 fully saturated rings. The van der Waals surface area contributed by atoms with E-state index in [1.54, 1.807) is 17.1 Å². The number of anilines is 1. The van der Waals surface area contributed by atoms with Gasteiger partial charge in [-0.15, -0.1) is 5.10 Å². The van der Waals surface area contributed by atoms with E-state index in [4.69, 9.17) is 16.3 Å². The molecule has 10 heteroatoms. The molecular formula is C14H18ClN7O2. The van der Waals surface area contributed by atoms with Crippen molar-refractivity contribution in [1.29, 1.82) is 0 Å². The number of hydrogen-bond acceptors (Lipinski definition) is 7. The second kappa shape index (κ2) is 7.00. The Morgan fingerprint density at radius 3 is 3.00 bits per heavy atom. The maximum Gasteiger partial charge on any atom is 0.318 e. The van der Waals surface area contributed by atoms with Gasteiger partial charge in [-0.25, -0.2) is 9.67 Å². The van der Waals surface area contributed by atoms with Crippen molar-refractivity contribution in [2.75, 3.05) is 25.1 Å². The summed E-state index contributed by atoms with van der Waals surface area (Å²) < 4.78 is 6.82. The van der Waals surface area contributed by atoms with Gasteiger partial charge in [-0.1, -0.05) is 23.7 Å². The van der Waals surface area contributed by atoms with Gasteiger partial charge in [-0.3, -0.25) is 4.79 Å². The van der Waals surface area contributed by atoms with Crippen molar-refractivity contribution in [3.63, 3.8) is 0 Å². The van der Waals surface area contributed by atoms with Crippen LogP contribution in [0.25, 0.3) is 0 Å². The normalized spacial score (nSPS) is 20.2. The number of carbonyl (C=O) groups excluding carboxylic acids is 1. The Morgan fingerprint density at radius 1 is 1.50 bits per heavy atom. The van der Waals surface area contributed by atoms with Crippen LogP contribution in [-0.2, 0) is 4.79 Å². The van der Waals surface area contributed by atoms with Crippen LogP contribution in [-0.4, -0.2) is 57.1 Å². The summed E-state index contributed by atoms with van der Waals surface area (Å²) in [4.78, 5) is 22.1. The molecular weight excluding hydrogens is 334 g/mol. The van der Waals surface area contributed by atoms with Gasteiger partial charge in [0.25, 0.3) is 0 Å². The van der Waals surface area contributed by atoms with Crippen molar-refractivity contribution in [1.82, 2.24) is 30.3 Å². The number of nitrogens with one attached hydrogen (secondary N) is 1. The predicted octanol–water partition coefficient (Wildman–Crippen LogP) is 0.686. The minimum Gasteiger partial charge on any atom is -0.467 e. The number of halogens is 1. The van der Waals surface area contributed by atoms with Crippen LogP contribution in [0.15, 0.2) is 18.6 Å². The molecule has 24 heavy (non-hydrogen) atoms. The van der Waals surface area contributed by atoms with E-state index in [9.17, 15) is 4.79 Å². The van der Waals surface area contributed by atoms with Crippen molar-refractivity contribution < 1.29 is 9.53 Å². The molecule has 1 aliphatic rings. The third-order valence-corrected chi connectivity index (χ3v) is 4.19. The highest BCUT2D eigenvalue weighted by Gasteiger charge is 2.37. The standard InChI is InChI=1S/C14H18ClN7O2/c1-3-12(23)18-10-7-21(8-11(10)22-5-4-17-20-22)13-9(15)6-16-14(19-13)24-2/h4-6,10-11H,3,7-8H2,1-2H3,(H,18,23)/t10-,11+/m1/s1. The first kappa shape index (κ1) is 16.4. The summed E-state index contributed by atoms with van der Waals surface area (Å²) in [5.74, 6) is 0.556. The molecule has 3 heterocycles. The van der Waals surface area contributed by atoms with E-state index in [1.165, 1.54) is 13.3 Å². The molecule has 128 valence electrons. The second-order valence-corrected chi connectivity index (χ2v) is 5.82. The van der Waals surface area contributed by atoms with Crippen LogP contribution in [0.1, 0.15) is 19.4 Å². The monoisotopic (exact) mass is 351 g/mol. The quantitative estimate of drug-likeness (QED) is 0.846. The Balaban J connectivity index is 1.87. The molecule has 0 radical (unpaired) electrons. The smallest absolute Gasteiger partial charge is 0.318 e. The van der Waals surface area contributed by atoms with E-state index >= 15 is 0 Å². The lowest BCUT2D eigenvalue weighted by Gasteiger charge is -2.19. The Labute approximate surface area is 144 Å². The molecule has 1 N–H and O–H groups in total. The average molecular weight is 352 g/mol. The van der Waals surface area contributed by atoms with Crippen LogP contribution < -0.4 is 15.0 Å². The molecule has 9 nitrogen and oxygen atoms in total. The van der Waals surface area contributed by atoms with Crippen LogP contribution in [0, 0.1) is 0 Å². The summed E-state index contributed by atoms with van der Waals surface area (Å²) in [6.45, 7) is 2.95. The van der Waals surface area contributed by atoms with E-state index in [-0.39, 0.29) is 24.0 Å². The van der Waals surface area contributed by atoms with Gasteiger partial charge in [0.1, 0.15) is 5.02 Å². The Hall–Kier alpha value is -2.42. The molecule has 2 aromatic rings.